The van der Waals surface area contributed by atoms with Crippen LogP contribution in [0.4, 0.5) is 5.82 Å². The highest BCUT2D eigenvalue weighted by Gasteiger charge is 2.07. The molecule has 3 heteroatoms. The Morgan fingerprint density at radius 3 is 2.72 bits per heavy atom. The van der Waals surface area contributed by atoms with Crippen LogP contribution in [0, 0.1) is 13.8 Å². The van der Waals surface area contributed by atoms with Gasteiger partial charge in [0.15, 0.2) is 0 Å². The maximum Gasteiger partial charge on any atom is 0.136 e. The van der Waals surface area contributed by atoms with Crippen LogP contribution < -0.4 is 5.73 Å². The molecule has 3 aromatic rings. The molecule has 90 valence electrons. The molecule has 18 heavy (non-hydrogen) atoms. The fraction of sp³-hybridized carbons (Fsp3) is 0.133. The highest BCUT2D eigenvalue weighted by molar-refractivity contribution is 5.83. The molecule has 0 fully saturated rings. The summed E-state index contributed by atoms with van der Waals surface area (Å²) in [7, 11) is 0. The molecule has 0 amide bonds. The number of hydrogen-bond acceptors (Lipinski definition) is 3. The standard InChI is InChI=1S/C15H14N2O/c1-9-3-4-13-11(5-9)7-14(18-13)12-6-10(2)15(16)17-8-12/h3-8H,1-2H3,(H2,16,17). The summed E-state index contributed by atoms with van der Waals surface area (Å²) in [6, 6.07) is 10.2. The lowest BCUT2D eigenvalue weighted by molar-refractivity contribution is 0.631. The molecule has 3 nitrogen and oxygen atoms in total. The number of rotatable bonds is 1. The van der Waals surface area contributed by atoms with Crippen LogP contribution in [-0.4, -0.2) is 4.98 Å². The Bertz CT molecular complexity index is 728. The van der Waals surface area contributed by atoms with Crippen LogP contribution in [0.5, 0.6) is 0 Å². The Labute approximate surface area is 105 Å². The van der Waals surface area contributed by atoms with Crippen molar-refractivity contribution in [2.24, 2.45) is 0 Å². The quantitative estimate of drug-likeness (QED) is 0.703. The van der Waals surface area contributed by atoms with Crippen LogP contribution in [-0.2, 0) is 0 Å². The van der Waals surface area contributed by atoms with Gasteiger partial charge in [0.2, 0.25) is 0 Å². The molecule has 2 heterocycles. The van der Waals surface area contributed by atoms with Crippen LogP contribution in [0.1, 0.15) is 11.1 Å². The summed E-state index contributed by atoms with van der Waals surface area (Å²) in [5, 5.41) is 1.11. The molecule has 0 aliphatic rings. The van der Waals surface area contributed by atoms with E-state index in [-0.39, 0.29) is 0 Å². The Morgan fingerprint density at radius 2 is 1.94 bits per heavy atom. The van der Waals surface area contributed by atoms with E-state index in [1.54, 1.807) is 6.20 Å². The molecule has 0 unspecified atom stereocenters. The highest BCUT2D eigenvalue weighted by atomic mass is 16.3. The number of aryl methyl sites for hydroxylation is 2. The number of pyridine rings is 1. The van der Waals surface area contributed by atoms with Crippen molar-refractivity contribution >= 4 is 16.8 Å². The minimum atomic E-state index is 0.561. The van der Waals surface area contributed by atoms with E-state index in [1.807, 2.05) is 31.2 Å². The van der Waals surface area contributed by atoms with Crippen molar-refractivity contribution in [1.82, 2.24) is 4.98 Å². The van der Waals surface area contributed by atoms with Gasteiger partial charge in [0.25, 0.3) is 0 Å². The first-order chi connectivity index (χ1) is 8.63. The molecule has 0 atom stereocenters. The van der Waals surface area contributed by atoms with E-state index >= 15 is 0 Å². The summed E-state index contributed by atoms with van der Waals surface area (Å²) in [4.78, 5) is 4.16. The van der Waals surface area contributed by atoms with Gasteiger partial charge in [0, 0.05) is 17.1 Å². The van der Waals surface area contributed by atoms with Gasteiger partial charge in [-0.1, -0.05) is 11.6 Å². The van der Waals surface area contributed by atoms with Crippen LogP contribution in [0.15, 0.2) is 40.9 Å². The number of fused-ring (bicyclic) bond motifs is 1. The molecule has 0 bridgehead atoms. The summed E-state index contributed by atoms with van der Waals surface area (Å²) in [6.07, 6.45) is 1.74. The van der Waals surface area contributed by atoms with Crippen molar-refractivity contribution in [3.8, 4) is 11.3 Å². The van der Waals surface area contributed by atoms with Crippen LogP contribution in [0.25, 0.3) is 22.3 Å². The lowest BCUT2D eigenvalue weighted by atomic mass is 10.1. The van der Waals surface area contributed by atoms with Crippen LogP contribution >= 0.6 is 0 Å². The maximum absolute atomic E-state index is 5.82. The van der Waals surface area contributed by atoms with Crippen LogP contribution in [0.3, 0.4) is 0 Å². The van der Waals surface area contributed by atoms with Gasteiger partial charge >= 0.3 is 0 Å². The molecular formula is C15H14N2O. The first-order valence-electron chi connectivity index (χ1n) is 5.86. The Morgan fingerprint density at radius 1 is 1.11 bits per heavy atom. The summed E-state index contributed by atoms with van der Waals surface area (Å²) < 4.78 is 5.82. The third-order valence-electron chi connectivity index (χ3n) is 3.08. The number of furan rings is 1. The fourth-order valence-electron chi connectivity index (χ4n) is 2.03. The zero-order valence-electron chi connectivity index (χ0n) is 10.4. The summed E-state index contributed by atoms with van der Waals surface area (Å²) in [6.45, 7) is 4.01. The second-order valence-electron chi connectivity index (χ2n) is 4.58. The Kier molecular flexibility index (Phi) is 2.33. The van der Waals surface area contributed by atoms with Gasteiger partial charge < -0.3 is 10.2 Å². The van der Waals surface area contributed by atoms with Gasteiger partial charge in [-0.15, -0.1) is 0 Å². The predicted octanol–water partition coefficient (Wildman–Crippen LogP) is 3.69. The second kappa shape index (κ2) is 3.88. The molecule has 0 aliphatic carbocycles. The number of nitrogen functional groups attached to an aromatic ring is 1. The van der Waals surface area contributed by atoms with Gasteiger partial charge in [0.1, 0.15) is 17.2 Å². The summed E-state index contributed by atoms with van der Waals surface area (Å²) >= 11 is 0. The van der Waals surface area contributed by atoms with Crippen molar-refractivity contribution in [3.05, 3.63) is 47.7 Å². The predicted molar refractivity (Wildman–Crippen MR) is 73.3 cm³/mol. The zero-order chi connectivity index (χ0) is 12.7. The fourth-order valence-corrected chi connectivity index (χ4v) is 2.03. The Balaban J connectivity index is 2.16. The normalized spacial score (nSPS) is 11.0. The van der Waals surface area contributed by atoms with Gasteiger partial charge in [-0.05, 0) is 43.7 Å². The van der Waals surface area contributed by atoms with E-state index in [0.29, 0.717) is 5.82 Å². The number of nitrogens with two attached hydrogens (primary N) is 1. The van der Waals surface area contributed by atoms with Crippen molar-refractivity contribution in [2.75, 3.05) is 5.73 Å². The monoisotopic (exact) mass is 238 g/mol. The van der Waals surface area contributed by atoms with Crippen molar-refractivity contribution in [1.29, 1.82) is 0 Å². The van der Waals surface area contributed by atoms with Crippen molar-refractivity contribution in [2.45, 2.75) is 13.8 Å². The van der Waals surface area contributed by atoms with Crippen molar-refractivity contribution < 1.29 is 4.42 Å². The number of aromatic nitrogens is 1. The smallest absolute Gasteiger partial charge is 0.136 e. The maximum atomic E-state index is 5.82. The average Bonchev–Trinajstić information content (AvgIpc) is 2.75. The largest absolute Gasteiger partial charge is 0.456 e. The van der Waals surface area contributed by atoms with Gasteiger partial charge in [-0.2, -0.15) is 0 Å². The Hall–Kier alpha value is -2.29. The molecule has 1 aromatic carbocycles. The first-order valence-corrected chi connectivity index (χ1v) is 5.86. The minimum Gasteiger partial charge on any atom is -0.456 e. The van der Waals surface area contributed by atoms with E-state index in [4.69, 9.17) is 10.2 Å². The second-order valence-corrected chi connectivity index (χ2v) is 4.58. The molecule has 0 saturated carbocycles. The zero-order valence-corrected chi connectivity index (χ0v) is 10.4. The number of nitrogens with zero attached hydrogens (tertiary/aromatic N) is 1. The van der Waals surface area contributed by atoms with Gasteiger partial charge in [-0.25, -0.2) is 4.98 Å². The van der Waals surface area contributed by atoms with E-state index in [0.717, 1.165) is 27.9 Å². The third kappa shape index (κ3) is 1.74. The van der Waals surface area contributed by atoms with Gasteiger partial charge in [0.05, 0.1) is 0 Å². The summed E-state index contributed by atoms with van der Waals surface area (Å²) in [5.74, 6) is 1.39. The minimum absolute atomic E-state index is 0.561. The third-order valence-corrected chi connectivity index (χ3v) is 3.08. The summed E-state index contributed by atoms with van der Waals surface area (Å²) in [5.41, 5.74) is 9.75. The molecule has 0 spiro atoms. The SMILES string of the molecule is Cc1ccc2oc(-c3cnc(N)c(C)c3)cc2c1. The molecule has 2 aromatic heterocycles. The van der Waals surface area contributed by atoms with E-state index in [9.17, 15) is 0 Å². The van der Waals surface area contributed by atoms with E-state index < -0.39 is 0 Å². The average molecular weight is 238 g/mol. The molecule has 3 rings (SSSR count). The highest BCUT2D eigenvalue weighted by Crippen LogP contribution is 2.29. The molecule has 0 aliphatic heterocycles. The lowest BCUT2D eigenvalue weighted by Gasteiger charge is -2.00. The van der Waals surface area contributed by atoms with Gasteiger partial charge in [-0.3, -0.25) is 0 Å². The molecular weight excluding hydrogens is 224 g/mol. The van der Waals surface area contributed by atoms with E-state index in [1.165, 1.54) is 5.56 Å². The number of anilines is 1. The lowest BCUT2D eigenvalue weighted by Crippen LogP contribution is -1.93. The van der Waals surface area contributed by atoms with Crippen LogP contribution in [0.2, 0.25) is 0 Å². The number of hydrogen-bond donors (Lipinski definition) is 1. The first kappa shape index (κ1) is 10.8. The molecule has 2 N–H and O–H groups in total. The van der Waals surface area contributed by atoms with E-state index in [2.05, 4.69) is 18.0 Å². The topological polar surface area (TPSA) is 52.0 Å². The van der Waals surface area contributed by atoms with Crippen molar-refractivity contribution in [3.63, 3.8) is 0 Å². The number of benzene rings is 1. The molecule has 0 saturated heterocycles. The molecule has 0 radical (unpaired) electrons.